The zero-order valence-corrected chi connectivity index (χ0v) is 12.0. The molecular formula is C16H14BrN2+. The molecule has 0 spiro atoms. The molecule has 2 nitrogen and oxygen atoms in total. The molecule has 0 bridgehead atoms. The number of halogens is 1. The number of fused-ring (bicyclic) bond motifs is 1. The Hall–Kier alpha value is -1.45. The number of quaternary nitrogens is 1. The molecule has 2 aliphatic rings. The average molecular weight is 314 g/mol. The lowest BCUT2D eigenvalue weighted by molar-refractivity contribution is -0.780. The largest absolute Gasteiger partial charge is 0.292 e. The summed E-state index contributed by atoms with van der Waals surface area (Å²) in [6.45, 7) is 0.912. The second-order valence-corrected chi connectivity index (χ2v) is 6.06. The third-order valence-corrected chi connectivity index (χ3v) is 4.58. The number of rotatable bonds is 2. The van der Waals surface area contributed by atoms with Crippen LogP contribution in [0.15, 0.2) is 64.1 Å². The van der Waals surface area contributed by atoms with Crippen molar-refractivity contribution in [3.05, 3.63) is 70.2 Å². The minimum atomic E-state index is 0.559. The van der Waals surface area contributed by atoms with Crippen LogP contribution >= 0.6 is 15.9 Å². The average Bonchev–Trinajstić information content (AvgIpc) is 3.00. The Morgan fingerprint density at radius 3 is 2.42 bits per heavy atom. The number of benzene rings is 2. The number of nitrogens with zero attached hydrogens (tertiary/aromatic N) is 1. The van der Waals surface area contributed by atoms with Gasteiger partial charge in [-0.2, -0.15) is 0 Å². The Balaban J connectivity index is 1.62. The summed E-state index contributed by atoms with van der Waals surface area (Å²) in [6.07, 6.45) is 0. The van der Waals surface area contributed by atoms with Crippen LogP contribution in [0.4, 0.5) is 0 Å². The van der Waals surface area contributed by atoms with Gasteiger partial charge in [-0.3, -0.25) is 4.90 Å². The van der Waals surface area contributed by atoms with Gasteiger partial charge < -0.3 is 0 Å². The maximum atomic E-state index is 4.70. The molecular weight excluding hydrogens is 300 g/mol. The van der Waals surface area contributed by atoms with E-state index in [1.165, 1.54) is 16.8 Å². The highest BCUT2D eigenvalue weighted by Crippen LogP contribution is 2.29. The van der Waals surface area contributed by atoms with Crippen molar-refractivity contribution in [2.75, 3.05) is 6.67 Å². The summed E-state index contributed by atoms with van der Waals surface area (Å²) in [5, 5.41) is 0. The van der Waals surface area contributed by atoms with E-state index in [-0.39, 0.29) is 0 Å². The van der Waals surface area contributed by atoms with Crippen molar-refractivity contribution in [3.8, 4) is 0 Å². The van der Waals surface area contributed by atoms with E-state index < -0.39 is 0 Å². The standard InChI is InChI=1S/C16H13BrN2/c17-13-8-6-12(7-9-13)15-16-14(18-10-19(15)16)11-4-2-1-3-5-11/h1-9,15-16H,10H2/p+1/t15-,16-,19?/m0/s1. The van der Waals surface area contributed by atoms with Crippen molar-refractivity contribution in [1.82, 2.24) is 0 Å². The summed E-state index contributed by atoms with van der Waals surface area (Å²) in [5.74, 6) is 0. The van der Waals surface area contributed by atoms with Crippen LogP contribution in [0.3, 0.4) is 0 Å². The minimum absolute atomic E-state index is 0.559. The summed E-state index contributed by atoms with van der Waals surface area (Å²) < 4.78 is 1.14. The van der Waals surface area contributed by atoms with Crippen LogP contribution in [0.2, 0.25) is 0 Å². The van der Waals surface area contributed by atoms with Crippen molar-refractivity contribution >= 4 is 21.6 Å². The second kappa shape index (κ2) is 4.29. The molecule has 94 valence electrons. The highest BCUT2D eigenvalue weighted by molar-refractivity contribution is 9.10. The minimum Gasteiger partial charge on any atom is -0.292 e. The van der Waals surface area contributed by atoms with Crippen LogP contribution in [0.25, 0.3) is 0 Å². The second-order valence-electron chi connectivity index (χ2n) is 5.15. The monoisotopic (exact) mass is 313 g/mol. The predicted molar refractivity (Wildman–Crippen MR) is 79.5 cm³/mol. The molecule has 1 unspecified atom stereocenters. The van der Waals surface area contributed by atoms with Crippen molar-refractivity contribution < 1.29 is 4.90 Å². The lowest BCUT2D eigenvalue weighted by atomic mass is 10.0. The molecule has 0 radical (unpaired) electrons. The van der Waals surface area contributed by atoms with Gasteiger partial charge in [0.2, 0.25) is 0 Å². The van der Waals surface area contributed by atoms with Gasteiger partial charge in [0, 0.05) is 15.6 Å². The molecule has 4 rings (SSSR count). The first-order chi connectivity index (χ1) is 9.34. The fraction of sp³-hybridized carbons (Fsp3) is 0.188. The summed E-state index contributed by atoms with van der Waals surface area (Å²) in [6, 6.07) is 20.4. The first kappa shape index (κ1) is 11.4. The van der Waals surface area contributed by atoms with Gasteiger partial charge in [0.25, 0.3) is 0 Å². The third-order valence-electron chi connectivity index (χ3n) is 4.05. The Kier molecular flexibility index (Phi) is 2.57. The Bertz CT molecular complexity index is 634. The molecule has 2 heterocycles. The van der Waals surface area contributed by atoms with E-state index >= 15 is 0 Å². The first-order valence-corrected chi connectivity index (χ1v) is 7.35. The van der Waals surface area contributed by atoms with E-state index in [1.807, 2.05) is 0 Å². The molecule has 0 amide bonds. The van der Waals surface area contributed by atoms with Crippen LogP contribution in [-0.4, -0.2) is 18.4 Å². The summed E-state index contributed by atoms with van der Waals surface area (Å²) in [5.41, 5.74) is 3.98. The molecule has 19 heavy (non-hydrogen) atoms. The quantitative estimate of drug-likeness (QED) is 0.819. The zero-order chi connectivity index (χ0) is 12.8. The van der Waals surface area contributed by atoms with Crippen LogP contribution in [-0.2, 0) is 0 Å². The summed E-state index contributed by atoms with van der Waals surface area (Å²) in [7, 11) is 0. The molecule has 0 saturated carbocycles. The molecule has 3 heteroatoms. The highest BCUT2D eigenvalue weighted by Gasteiger charge is 2.61. The van der Waals surface area contributed by atoms with Gasteiger partial charge in [0.05, 0.1) is 0 Å². The number of nitrogens with one attached hydrogen (secondary N) is 1. The van der Waals surface area contributed by atoms with Gasteiger partial charge in [0.1, 0.15) is 5.71 Å². The Morgan fingerprint density at radius 1 is 0.947 bits per heavy atom. The van der Waals surface area contributed by atoms with E-state index in [0.717, 1.165) is 11.1 Å². The number of hydrogen-bond acceptors (Lipinski definition) is 1. The first-order valence-electron chi connectivity index (χ1n) is 6.55. The van der Waals surface area contributed by atoms with Crippen molar-refractivity contribution in [2.45, 2.75) is 12.1 Å². The molecule has 2 aromatic rings. The van der Waals surface area contributed by atoms with Crippen LogP contribution in [0.5, 0.6) is 0 Å². The molecule has 2 aromatic carbocycles. The van der Waals surface area contributed by atoms with Crippen molar-refractivity contribution in [1.29, 1.82) is 0 Å². The predicted octanol–water partition coefficient (Wildman–Crippen LogP) is 2.22. The zero-order valence-electron chi connectivity index (χ0n) is 10.4. The van der Waals surface area contributed by atoms with Gasteiger partial charge in [0.15, 0.2) is 18.8 Å². The van der Waals surface area contributed by atoms with Crippen molar-refractivity contribution in [3.63, 3.8) is 0 Å². The van der Waals surface area contributed by atoms with E-state index in [0.29, 0.717) is 12.1 Å². The Morgan fingerprint density at radius 2 is 1.68 bits per heavy atom. The van der Waals surface area contributed by atoms with Gasteiger partial charge in [-0.25, -0.2) is 4.99 Å². The Labute approximate surface area is 120 Å². The SMILES string of the molecule is Brc1ccc([C@H]2[C@@H]3C(c4ccccc4)=NC[NH+]32)cc1. The highest BCUT2D eigenvalue weighted by atomic mass is 79.9. The maximum Gasteiger partial charge on any atom is 0.190 e. The fourth-order valence-electron chi connectivity index (χ4n) is 3.08. The van der Waals surface area contributed by atoms with E-state index in [2.05, 4.69) is 70.5 Å². The molecule has 0 aliphatic carbocycles. The summed E-state index contributed by atoms with van der Waals surface area (Å²) >= 11 is 3.49. The third kappa shape index (κ3) is 1.85. The van der Waals surface area contributed by atoms with Gasteiger partial charge >= 0.3 is 0 Å². The molecule has 0 aromatic heterocycles. The fourth-order valence-corrected chi connectivity index (χ4v) is 3.34. The molecule has 1 saturated heterocycles. The smallest absolute Gasteiger partial charge is 0.190 e. The lowest BCUT2D eigenvalue weighted by Gasteiger charge is -2.00. The topological polar surface area (TPSA) is 16.8 Å². The maximum absolute atomic E-state index is 4.70. The van der Waals surface area contributed by atoms with Crippen LogP contribution in [0.1, 0.15) is 17.2 Å². The number of hydrogen-bond donors (Lipinski definition) is 1. The molecule has 1 fully saturated rings. The van der Waals surface area contributed by atoms with Crippen LogP contribution in [0, 0.1) is 0 Å². The molecule has 3 atom stereocenters. The molecule has 2 aliphatic heterocycles. The normalized spacial score (nSPS) is 27.8. The van der Waals surface area contributed by atoms with Gasteiger partial charge in [-0.15, -0.1) is 0 Å². The van der Waals surface area contributed by atoms with E-state index in [1.54, 1.807) is 4.90 Å². The van der Waals surface area contributed by atoms with E-state index in [9.17, 15) is 0 Å². The number of aliphatic imine (C=N–C) groups is 1. The van der Waals surface area contributed by atoms with E-state index in [4.69, 9.17) is 4.99 Å². The van der Waals surface area contributed by atoms with Crippen LogP contribution < -0.4 is 4.90 Å². The van der Waals surface area contributed by atoms with Gasteiger partial charge in [-0.1, -0.05) is 58.4 Å². The summed E-state index contributed by atoms with van der Waals surface area (Å²) in [4.78, 5) is 6.28. The lowest BCUT2D eigenvalue weighted by Crippen LogP contribution is -2.93. The van der Waals surface area contributed by atoms with Crippen molar-refractivity contribution in [2.24, 2.45) is 4.99 Å². The van der Waals surface area contributed by atoms with Gasteiger partial charge in [-0.05, 0) is 12.1 Å². The molecule has 1 N–H and O–H groups in total.